The van der Waals surface area contributed by atoms with E-state index in [1.165, 1.54) is 16.8 Å². The van der Waals surface area contributed by atoms with Gasteiger partial charge < -0.3 is 5.73 Å². The molecule has 1 unspecified atom stereocenters. The van der Waals surface area contributed by atoms with E-state index in [0.717, 1.165) is 43.3 Å². The molecule has 27 heavy (non-hydrogen) atoms. The molecule has 0 spiro atoms. The van der Waals surface area contributed by atoms with Gasteiger partial charge in [-0.15, -0.1) is 5.10 Å². The molecule has 0 bridgehead atoms. The predicted octanol–water partition coefficient (Wildman–Crippen LogP) is 2.53. The SMILES string of the molecule is NC1CCCN(Cc2nnn(-c3cc(F)cc(F)c3)c2-c2ccncc2)C1. The third-order valence-electron chi connectivity index (χ3n) is 4.70. The third-order valence-corrected chi connectivity index (χ3v) is 4.70. The lowest BCUT2D eigenvalue weighted by atomic mass is 10.1. The maximum atomic E-state index is 13.7. The van der Waals surface area contributed by atoms with Crippen molar-refractivity contribution in [1.29, 1.82) is 0 Å². The summed E-state index contributed by atoms with van der Waals surface area (Å²) in [5, 5.41) is 8.50. The summed E-state index contributed by atoms with van der Waals surface area (Å²) in [6, 6.07) is 7.12. The minimum atomic E-state index is -0.662. The molecule has 1 fully saturated rings. The summed E-state index contributed by atoms with van der Waals surface area (Å²) in [5.41, 5.74) is 8.63. The van der Waals surface area contributed by atoms with E-state index < -0.39 is 11.6 Å². The molecule has 0 aliphatic carbocycles. The first-order valence-corrected chi connectivity index (χ1v) is 8.89. The van der Waals surface area contributed by atoms with Gasteiger partial charge in [0.15, 0.2) is 0 Å². The number of rotatable bonds is 4. The summed E-state index contributed by atoms with van der Waals surface area (Å²) < 4.78 is 28.9. The van der Waals surface area contributed by atoms with Crippen molar-refractivity contribution in [3.63, 3.8) is 0 Å². The minimum absolute atomic E-state index is 0.149. The van der Waals surface area contributed by atoms with Crippen molar-refractivity contribution in [3.05, 3.63) is 60.1 Å². The molecule has 1 aromatic carbocycles. The van der Waals surface area contributed by atoms with Crippen LogP contribution in [0.4, 0.5) is 8.78 Å². The van der Waals surface area contributed by atoms with Gasteiger partial charge in [-0.2, -0.15) is 0 Å². The molecule has 3 heterocycles. The number of hydrogen-bond donors (Lipinski definition) is 1. The van der Waals surface area contributed by atoms with Crippen LogP contribution in [0, 0.1) is 11.6 Å². The molecule has 1 aliphatic rings. The number of likely N-dealkylation sites (tertiary alicyclic amines) is 1. The zero-order valence-corrected chi connectivity index (χ0v) is 14.7. The predicted molar refractivity (Wildman–Crippen MR) is 97.0 cm³/mol. The van der Waals surface area contributed by atoms with Gasteiger partial charge in [0.25, 0.3) is 0 Å². The first-order valence-electron chi connectivity index (χ1n) is 8.89. The van der Waals surface area contributed by atoms with Crippen LogP contribution in [-0.4, -0.2) is 44.0 Å². The van der Waals surface area contributed by atoms with Crippen molar-refractivity contribution < 1.29 is 8.78 Å². The number of aromatic nitrogens is 4. The van der Waals surface area contributed by atoms with Gasteiger partial charge in [-0.3, -0.25) is 9.88 Å². The fourth-order valence-electron chi connectivity index (χ4n) is 3.51. The summed E-state index contributed by atoms with van der Waals surface area (Å²) in [5.74, 6) is -1.32. The second kappa shape index (κ2) is 7.50. The highest BCUT2D eigenvalue weighted by Gasteiger charge is 2.22. The smallest absolute Gasteiger partial charge is 0.128 e. The molecule has 8 heteroatoms. The highest BCUT2D eigenvalue weighted by Crippen LogP contribution is 2.27. The molecule has 1 saturated heterocycles. The lowest BCUT2D eigenvalue weighted by Gasteiger charge is -2.30. The fourth-order valence-corrected chi connectivity index (χ4v) is 3.51. The zero-order valence-electron chi connectivity index (χ0n) is 14.7. The molecule has 0 radical (unpaired) electrons. The van der Waals surface area contributed by atoms with Crippen LogP contribution >= 0.6 is 0 Å². The Morgan fingerprint density at radius 1 is 1.11 bits per heavy atom. The largest absolute Gasteiger partial charge is 0.327 e. The van der Waals surface area contributed by atoms with Gasteiger partial charge in [0.05, 0.1) is 11.4 Å². The van der Waals surface area contributed by atoms with Gasteiger partial charge in [0.1, 0.15) is 17.3 Å². The standard InChI is InChI=1S/C19H20F2N6/c20-14-8-15(21)10-17(9-14)27-19(13-3-5-23-6-4-13)18(24-25-27)12-26-7-1-2-16(22)11-26/h3-6,8-10,16H,1-2,7,11-12,22H2. The van der Waals surface area contributed by atoms with Gasteiger partial charge in [0.2, 0.25) is 0 Å². The number of piperidine rings is 1. The summed E-state index contributed by atoms with van der Waals surface area (Å²) in [4.78, 5) is 6.28. The number of nitrogens with two attached hydrogens (primary N) is 1. The molecule has 140 valence electrons. The van der Waals surface area contributed by atoms with Crippen LogP contribution in [0.2, 0.25) is 0 Å². The van der Waals surface area contributed by atoms with Gasteiger partial charge in [-0.1, -0.05) is 5.21 Å². The van der Waals surface area contributed by atoms with Crippen molar-refractivity contribution in [3.8, 4) is 16.9 Å². The van der Waals surface area contributed by atoms with Crippen LogP contribution in [0.5, 0.6) is 0 Å². The van der Waals surface area contributed by atoms with E-state index in [0.29, 0.717) is 12.2 Å². The number of benzene rings is 1. The Morgan fingerprint density at radius 3 is 2.56 bits per heavy atom. The van der Waals surface area contributed by atoms with Crippen LogP contribution in [0.1, 0.15) is 18.5 Å². The first-order chi connectivity index (χ1) is 13.1. The van der Waals surface area contributed by atoms with Gasteiger partial charge in [-0.05, 0) is 43.7 Å². The number of hydrogen-bond acceptors (Lipinski definition) is 5. The Balaban J connectivity index is 1.77. The van der Waals surface area contributed by atoms with Crippen LogP contribution in [0.3, 0.4) is 0 Å². The average molecular weight is 370 g/mol. The monoisotopic (exact) mass is 370 g/mol. The van der Waals surface area contributed by atoms with E-state index in [2.05, 4.69) is 20.2 Å². The zero-order chi connectivity index (χ0) is 18.8. The maximum absolute atomic E-state index is 13.7. The van der Waals surface area contributed by atoms with Crippen LogP contribution in [0.25, 0.3) is 16.9 Å². The Hall–Kier alpha value is -2.71. The molecule has 4 rings (SSSR count). The second-order valence-corrected chi connectivity index (χ2v) is 6.80. The minimum Gasteiger partial charge on any atom is -0.327 e. The van der Waals surface area contributed by atoms with E-state index in [1.807, 2.05) is 12.1 Å². The summed E-state index contributed by atoms with van der Waals surface area (Å²) in [6.45, 7) is 2.30. The molecule has 1 atom stereocenters. The van der Waals surface area contributed by atoms with Gasteiger partial charge >= 0.3 is 0 Å². The summed E-state index contributed by atoms with van der Waals surface area (Å²) in [6.07, 6.45) is 5.39. The second-order valence-electron chi connectivity index (χ2n) is 6.80. The molecule has 0 saturated carbocycles. The van der Waals surface area contributed by atoms with Crippen LogP contribution in [-0.2, 0) is 6.54 Å². The van der Waals surface area contributed by atoms with Crippen molar-refractivity contribution in [1.82, 2.24) is 24.9 Å². The molecule has 2 aromatic heterocycles. The molecular weight excluding hydrogens is 350 g/mol. The number of halogens is 2. The fraction of sp³-hybridized carbons (Fsp3) is 0.316. The molecule has 6 nitrogen and oxygen atoms in total. The van der Waals surface area contributed by atoms with Crippen LogP contribution in [0.15, 0.2) is 42.7 Å². The molecule has 3 aromatic rings. The quantitative estimate of drug-likeness (QED) is 0.764. The van der Waals surface area contributed by atoms with Crippen molar-refractivity contribution in [2.45, 2.75) is 25.4 Å². The van der Waals surface area contributed by atoms with E-state index in [4.69, 9.17) is 5.73 Å². The summed E-state index contributed by atoms with van der Waals surface area (Å²) >= 11 is 0. The average Bonchev–Trinajstić information content (AvgIpc) is 3.05. The van der Waals surface area contributed by atoms with Gasteiger partial charge in [0, 0.05) is 43.2 Å². The summed E-state index contributed by atoms with van der Waals surface area (Å²) in [7, 11) is 0. The maximum Gasteiger partial charge on any atom is 0.128 e. The van der Waals surface area contributed by atoms with E-state index in [9.17, 15) is 8.78 Å². The molecule has 0 amide bonds. The Morgan fingerprint density at radius 2 is 1.85 bits per heavy atom. The molecule has 2 N–H and O–H groups in total. The Bertz CT molecular complexity index is 907. The molecular formula is C19H20F2N6. The van der Waals surface area contributed by atoms with E-state index in [1.54, 1.807) is 12.4 Å². The van der Waals surface area contributed by atoms with Crippen molar-refractivity contribution in [2.24, 2.45) is 5.73 Å². The lowest BCUT2D eigenvalue weighted by Crippen LogP contribution is -2.42. The van der Waals surface area contributed by atoms with Crippen molar-refractivity contribution >= 4 is 0 Å². The van der Waals surface area contributed by atoms with E-state index in [-0.39, 0.29) is 11.7 Å². The van der Waals surface area contributed by atoms with Gasteiger partial charge in [-0.25, -0.2) is 13.5 Å². The third kappa shape index (κ3) is 3.86. The molecule has 1 aliphatic heterocycles. The van der Waals surface area contributed by atoms with E-state index >= 15 is 0 Å². The Labute approximate surface area is 155 Å². The topological polar surface area (TPSA) is 72.9 Å². The normalized spacial score (nSPS) is 18.0. The first kappa shape index (κ1) is 17.7. The highest BCUT2D eigenvalue weighted by atomic mass is 19.1. The number of nitrogens with zero attached hydrogens (tertiary/aromatic N) is 5. The number of pyridine rings is 1. The highest BCUT2D eigenvalue weighted by molar-refractivity contribution is 5.63. The Kier molecular flexibility index (Phi) is 4.91. The van der Waals surface area contributed by atoms with Crippen molar-refractivity contribution in [2.75, 3.05) is 13.1 Å². The lowest BCUT2D eigenvalue weighted by molar-refractivity contribution is 0.199. The van der Waals surface area contributed by atoms with Crippen LogP contribution < -0.4 is 5.73 Å².